The highest BCUT2D eigenvalue weighted by Gasteiger charge is 2.30. The zero-order valence-electron chi connectivity index (χ0n) is 52.6. The van der Waals surface area contributed by atoms with Crippen LogP contribution in [0.25, 0.3) is 0 Å². The molecule has 22 nitrogen and oxygen atoms in total. The lowest BCUT2D eigenvalue weighted by atomic mass is 10.1. The molecule has 0 aliphatic carbocycles. The lowest BCUT2D eigenvalue weighted by Crippen LogP contribution is -2.47. The van der Waals surface area contributed by atoms with Gasteiger partial charge in [-0.25, -0.2) is 19.2 Å². The van der Waals surface area contributed by atoms with Gasteiger partial charge in [0.2, 0.25) is 11.8 Å². The van der Waals surface area contributed by atoms with Crippen molar-refractivity contribution in [2.75, 3.05) is 131 Å². The minimum absolute atomic E-state index is 0.0895. The van der Waals surface area contributed by atoms with Gasteiger partial charge in [-0.05, 0) is 181 Å². The molecule has 0 unspecified atom stereocenters. The highest BCUT2D eigenvalue weighted by atomic mass is 16.6. The van der Waals surface area contributed by atoms with Gasteiger partial charge < -0.3 is 67.6 Å². The van der Waals surface area contributed by atoms with Gasteiger partial charge >= 0.3 is 36.3 Å². The Morgan fingerprint density at radius 2 is 0.568 bits per heavy atom. The third-order valence-electron chi connectivity index (χ3n) is 13.1. The van der Waals surface area contributed by atoms with Crippen molar-refractivity contribution >= 4 is 48.1 Å². The maximum Gasteiger partial charge on any atom is 0.410 e. The molecular weight excluding hydrogens is 1040 g/mol. The first-order valence-corrected chi connectivity index (χ1v) is 30.1. The summed E-state index contributed by atoms with van der Waals surface area (Å²) in [5.74, 6) is -0.766. The predicted molar refractivity (Wildman–Crippen MR) is 311 cm³/mol. The van der Waals surface area contributed by atoms with E-state index in [9.17, 15) is 38.4 Å². The minimum atomic E-state index is -0.770. The first kappa shape index (κ1) is 72.0. The number of hydrogen-bond donors (Lipinski definition) is 0. The topological polar surface area (TPSA) is 218 Å². The van der Waals surface area contributed by atoms with Gasteiger partial charge in [-0.15, -0.1) is 0 Å². The molecule has 0 bridgehead atoms. The molecule has 468 valence electrons. The standard InChI is InChI=1S/C59H108N8O14/c1-15-76-50(70)28-17-19-30-60-32-22-34-62(44-46-66(54(74)80-58(9,10)11)38-24-36-64(42-40-60)52(72)78-56(3,4)5)48(68)26-21-27-49(69)63-35-23-33-61(31-20-18-29-51(71)77-16-2)41-43-65(53(73)79-57(6,7)8)37-25-39-67(47-45-63)55(75)81-59(12,13)14/h15-47H2,1-14H3. The van der Waals surface area contributed by atoms with Crippen LogP contribution in [-0.2, 0) is 47.6 Å². The van der Waals surface area contributed by atoms with Gasteiger partial charge in [-0.2, -0.15) is 0 Å². The van der Waals surface area contributed by atoms with Crippen LogP contribution in [0.2, 0.25) is 0 Å². The van der Waals surface area contributed by atoms with E-state index in [1.165, 1.54) is 0 Å². The van der Waals surface area contributed by atoms with Crippen LogP contribution in [0.15, 0.2) is 0 Å². The molecular formula is C59H108N8O14. The normalized spacial score (nSPS) is 17.3. The molecule has 2 heterocycles. The van der Waals surface area contributed by atoms with Gasteiger partial charge in [-0.1, -0.05) is 0 Å². The van der Waals surface area contributed by atoms with Crippen LogP contribution in [0, 0.1) is 0 Å². The second kappa shape index (κ2) is 36.5. The number of ether oxygens (including phenoxy) is 6. The number of hydrogen-bond acceptors (Lipinski definition) is 16. The Morgan fingerprint density at radius 3 is 0.852 bits per heavy atom. The maximum atomic E-state index is 14.4. The Morgan fingerprint density at radius 1 is 0.309 bits per heavy atom. The summed E-state index contributed by atoms with van der Waals surface area (Å²) in [5.41, 5.74) is -2.96. The van der Waals surface area contributed by atoms with Crippen molar-refractivity contribution in [1.82, 2.24) is 39.2 Å². The van der Waals surface area contributed by atoms with Gasteiger partial charge in [0.05, 0.1) is 13.2 Å². The molecule has 2 aliphatic heterocycles. The molecule has 0 spiro atoms. The summed E-state index contributed by atoms with van der Waals surface area (Å²) in [6.07, 6.45) is 3.94. The van der Waals surface area contributed by atoms with E-state index >= 15 is 0 Å². The Labute approximate surface area is 486 Å². The molecule has 2 saturated heterocycles. The highest BCUT2D eigenvalue weighted by molar-refractivity contribution is 5.79. The molecule has 22 heteroatoms. The summed E-state index contributed by atoms with van der Waals surface area (Å²) >= 11 is 0. The van der Waals surface area contributed by atoms with Crippen molar-refractivity contribution in [3.05, 3.63) is 0 Å². The summed E-state index contributed by atoms with van der Waals surface area (Å²) < 4.78 is 33.5. The maximum absolute atomic E-state index is 14.4. The molecule has 2 fully saturated rings. The lowest BCUT2D eigenvalue weighted by molar-refractivity contribution is -0.144. The highest BCUT2D eigenvalue weighted by Crippen LogP contribution is 2.18. The fourth-order valence-electron chi connectivity index (χ4n) is 9.14. The molecule has 0 aromatic heterocycles. The molecule has 2 rings (SSSR count). The van der Waals surface area contributed by atoms with E-state index in [1.54, 1.807) is 84.8 Å². The molecule has 6 amide bonds. The van der Waals surface area contributed by atoms with Crippen molar-refractivity contribution in [2.24, 2.45) is 0 Å². The number of amides is 6. The summed E-state index contributed by atoms with van der Waals surface area (Å²) in [4.78, 5) is 122. The van der Waals surface area contributed by atoms with Gasteiger partial charge in [-0.3, -0.25) is 19.2 Å². The van der Waals surface area contributed by atoms with Crippen LogP contribution in [0.3, 0.4) is 0 Å². The van der Waals surface area contributed by atoms with E-state index < -0.39 is 46.8 Å². The van der Waals surface area contributed by atoms with Gasteiger partial charge in [0, 0.05) is 117 Å². The van der Waals surface area contributed by atoms with Crippen LogP contribution < -0.4 is 0 Å². The molecule has 0 N–H and O–H groups in total. The van der Waals surface area contributed by atoms with Crippen LogP contribution in [-0.4, -0.2) is 241 Å². The second-order valence-electron chi connectivity index (χ2n) is 25.1. The first-order valence-electron chi connectivity index (χ1n) is 30.1. The Balaban J connectivity index is 2.39. The number of esters is 2. The Hall–Kier alpha value is -5.12. The van der Waals surface area contributed by atoms with E-state index in [0.29, 0.717) is 143 Å². The molecule has 0 saturated carbocycles. The van der Waals surface area contributed by atoms with Crippen LogP contribution in [0.4, 0.5) is 19.2 Å². The van der Waals surface area contributed by atoms with Gasteiger partial charge in [0.1, 0.15) is 22.4 Å². The van der Waals surface area contributed by atoms with E-state index in [1.807, 2.05) is 41.5 Å². The quantitative estimate of drug-likeness (QED) is 0.0805. The lowest BCUT2D eigenvalue weighted by Gasteiger charge is -2.34. The SMILES string of the molecule is CCOC(=O)CCCCN1CCCN(C(=O)CCCC(=O)N2CCCN(CCCCC(=O)OCC)CCN(C(=O)OC(C)(C)C)CCCN(C(=O)OC(C)(C)C)CC2)CCN(C(=O)OC(C)(C)C)CCCN(C(=O)OC(C)(C)C)CC1. The number of carbonyl (C=O) groups excluding carboxylic acids is 8. The average molecular weight is 1150 g/mol. The van der Waals surface area contributed by atoms with E-state index in [0.717, 1.165) is 12.8 Å². The zero-order chi connectivity index (χ0) is 60.8. The van der Waals surface area contributed by atoms with E-state index in [-0.39, 0.29) is 82.3 Å². The fraction of sp³-hybridized carbons (Fsp3) is 0.864. The average Bonchev–Trinajstić information content (AvgIpc) is 3.33. The van der Waals surface area contributed by atoms with Crippen LogP contribution in [0.5, 0.6) is 0 Å². The minimum Gasteiger partial charge on any atom is -0.466 e. The Bertz CT molecular complexity index is 1800. The van der Waals surface area contributed by atoms with Crippen LogP contribution in [0.1, 0.15) is 180 Å². The summed E-state index contributed by atoms with van der Waals surface area (Å²) in [6.45, 7) is 33.0. The molecule has 0 radical (unpaired) electrons. The molecule has 0 aromatic carbocycles. The number of unbranched alkanes of at least 4 members (excludes halogenated alkanes) is 2. The fourth-order valence-corrected chi connectivity index (χ4v) is 9.14. The monoisotopic (exact) mass is 1150 g/mol. The van der Waals surface area contributed by atoms with E-state index in [4.69, 9.17) is 28.4 Å². The number of carbonyl (C=O) groups is 8. The number of nitrogens with zero attached hydrogens (tertiary/aromatic N) is 8. The Kier molecular flexibility index (Phi) is 32.4. The third kappa shape index (κ3) is 33.5. The van der Waals surface area contributed by atoms with Crippen molar-refractivity contribution in [3.63, 3.8) is 0 Å². The van der Waals surface area contributed by atoms with Gasteiger partial charge in [0.15, 0.2) is 0 Å². The molecule has 2 aliphatic rings. The predicted octanol–water partition coefficient (Wildman–Crippen LogP) is 8.42. The third-order valence-corrected chi connectivity index (χ3v) is 13.1. The first-order chi connectivity index (χ1) is 37.9. The van der Waals surface area contributed by atoms with Crippen LogP contribution >= 0.6 is 0 Å². The molecule has 0 aromatic rings. The van der Waals surface area contributed by atoms with E-state index in [2.05, 4.69) is 9.80 Å². The van der Waals surface area contributed by atoms with Gasteiger partial charge in [0.25, 0.3) is 0 Å². The van der Waals surface area contributed by atoms with Crippen molar-refractivity contribution in [1.29, 1.82) is 0 Å². The summed E-state index contributed by atoms with van der Waals surface area (Å²) in [5, 5.41) is 0. The molecule has 81 heavy (non-hydrogen) atoms. The largest absolute Gasteiger partial charge is 0.466 e. The smallest absolute Gasteiger partial charge is 0.410 e. The summed E-state index contributed by atoms with van der Waals surface area (Å²) in [7, 11) is 0. The second-order valence-corrected chi connectivity index (χ2v) is 25.1. The molecule has 0 atom stereocenters. The zero-order valence-corrected chi connectivity index (χ0v) is 52.6. The van der Waals surface area contributed by atoms with Crippen molar-refractivity contribution in [3.8, 4) is 0 Å². The van der Waals surface area contributed by atoms with Crippen molar-refractivity contribution in [2.45, 2.75) is 203 Å². The summed E-state index contributed by atoms with van der Waals surface area (Å²) in [6, 6.07) is 0. The van der Waals surface area contributed by atoms with Crippen molar-refractivity contribution < 1.29 is 66.8 Å². The number of rotatable bonds is 16.